The molecule has 0 spiro atoms. The highest BCUT2D eigenvalue weighted by Crippen LogP contribution is 2.39. The zero-order valence-corrected chi connectivity index (χ0v) is 22.6. The summed E-state index contributed by atoms with van der Waals surface area (Å²) in [6.45, 7) is 1.92. The van der Waals surface area contributed by atoms with Crippen molar-refractivity contribution in [1.82, 2.24) is 9.88 Å². The highest BCUT2D eigenvalue weighted by molar-refractivity contribution is 7.99. The van der Waals surface area contributed by atoms with Gasteiger partial charge in [-0.15, -0.1) is 11.8 Å². The van der Waals surface area contributed by atoms with Crippen molar-refractivity contribution < 1.29 is 27.8 Å². The number of ether oxygens (including phenoxy) is 1. The molecule has 0 radical (unpaired) electrons. The number of piperidine rings is 1. The number of thioether (sulfide) groups is 1. The quantitative estimate of drug-likeness (QED) is 0.248. The Kier molecular flexibility index (Phi) is 9.79. The molecule has 3 unspecified atom stereocenters. The maximum absolute atomic E-state index is 15.6. The first-order chi connectivity index (χ1) is 18.2. The van der Waals surface area contributed by atoms with Gasteiger partial charge < -0.3 is 14.7 Å². The minimum atomic E-state index is -1.33. The fourth-order valence-electron chi connectivity index (χ4n) is 5.19. The van der Waals surface area contributed by atoms with E-state index in [9.17, 15) is 18.7 Å². The van der Waals surface area contributed by atoms with Crippen molar-refractivity contribution in [3.63, 3.8) is 0 Å². The summed E-state index contributed by atoms with van der Waals surface area (Å²) in [7, 11) is 1.54. The number of fused-ring (bicyclic) bond motifs is 1. The third kappa shape index (κ3) is 7.12. The first kappa shape index (κ1) is 28.5. The van der Waals surface area contributed by atoms with Crippen molar-refractivity contribution >= 4 is 40.2 Å². The topological polar surface area (TPSA) is 62.7 Å². The number of methoxy groups -OCH3 is 1. The summed E-state index contributed by atoms with van der Waals surface area (Å²) in [5, 5.41) is 10.4. The summed E-state index contributed by atoms with van der Waals surface area (Å²) in [5.41, 5.74) is 1.00. The lowest BCUT2D eigenvalue weighted by atomic mass is 9.79. The summed E-state index contributed by atoms with van der Waals surface area (Å²) in [5.74, 6) is -0.770. The molecule has 1 saturated heterocycles. The number of halogens is 4. The molecule has 3 atom stereocenters. The fraction of sp³-hybridized carbons (Fsp3) is 0.429. The number of likely N-dealkylation sites (tertiary alicyclic amines) is 1. The first-order valence-corrected chi connectivity index (χ1v) is 13.9. The number of nitrogens with zero attached hydrogens (tertiary/aromatic N) is 2. The van der Waals surface area contributed by atoms with Crippen molar-refractivity contribution in [1.29, 1.82) is 0 Å². The Morgan fingerprint density at radius 1 is 1.26 bits per heavy atom. The Bertz CT molecular complexity index is 1280. The molecule has 3 aromatic rings. The van der Waals surface area contributed by atoms with Gasteiger partial charge in [-0.2, -0.15) is 0 Å². The average molecular weight is 567 g/mol. The molecular weight excluding hydrogens is 537 g/mol. The van der Waals surface area contributed by atoms with Gasteiger partial charge in [0.25, 0.3) is 0 Å². The predicted molar refractivity (Wildman–Crippen MR) is 144 cm³/mol. The lowest BCUT2D eigenvalue weighted by Crippen LogP contribution is -2.42. The molecule has 5 nitrogen and oxygen atoms in total. The van der Waals surface area contributed by atoms with Gasteiger partial charge in [-0.1, -0.05) is 11.6 Å². The van der Waals surface area contributed by atoms with Crippen LogP contribution >= 0.6 is 23.4 Å². The zero-order valence-electron chi connectivity index (χ0n) is 21.0. The normalized spacial score (nSPS) is 19.0. The molecule has 2 aromatic carbocycles. The van der Waals surface area contributed by atoms with E-state index in [1.165, 1.54) is 24.0 Å². The van der Waals surface area contributed by atoms with Gasteiger partial charge in [0.15, 0.2) is 0 Å². The van der Waals surface area contributed by atoms with Gasteiger partial charge in [-0.3, -0.25) is 9.78 Å². The van der Waals surface area contributed by atoms with Crippen LogP contribution in [0, 0.1) is 23.5 Å². The summed E-state index contributed by atoms with van der Waals surface area (Å²) >= 11 is 7.61. The van der Waals surface area contributed by atoms with E-state index in [1.807, 2.05) is 0 Å². The average Bonchev–Trinajstić information content (AvgIpc) is 2.89. The summed E-state index contributed by atoms with van der Waals surface area (Å²) in [6.07, 6.45) is 1.60. The number of benzene rings is 2. The van der Waals surface area contributed by atoms with Gasteiger partial charge in [-0.05, 0) is 74.0 Å². The highest BCUT2D eigenvalue weighted by Gasteiger charge is 2.32. The highest BCUT2D eigenvalue weighted by atomic mass is 35.5. The number of rotatable bonds is 11. The van der Waals surface area contributed by atoms with Crippen LogP contribution in [0.4, 0.5) is 13.2 Å². The maximum atomic E-state index is 15.6. The largest absolute Gasteiger partial charge is 0.497 e. The van der Waals surface area contributed by atoms with E-state index in [2.05, 4.69) is 9.88 Å². The van der Waals surface area contributed by atoms with Crippen LogP contribution in [0.2, 0.25) is 5.02 Å². The van der Waals surface area contributed by atoms with Gasteiger partial charge in [0.2, 0.25) is 0 Å². The Labute approximate surface area is 229 Å². The van der Waals surface area contributed by atoms with E-state index in [4.69, 9.17) is 16.3 Å². The number of aromatic nitrogens is 1. The Hall–Kier alpha value is -2.49. The second kappa shape index (κ2) is 13.0. The van der Waals surface area contributed by atoms with Crippen LogP contribution in [0.1, 0.15) is 37.4 Å². The molecule has 1 N–H and O–H groups in total. The third-order valence-corrected chi connectivity index (χ3v) is 8.45. The van der Waals surface area contributed by atoms with Crippen LogP contribution in [0.5, 0.6) is 5.75 Å². The Morgan fingerprint density at radius 2 is 2.08 bits per heavy atom. The minimum absolute atomic E-state index is 0.0000702. The zero-order chi connectivity index (χ0) is 27.2. The standard InChI is InChI=1S/C28H30ClF3N2O3S/c1-37-20-4-7-25-21(14-20)28(22(29)15-33-25)24(32)5-2-17-8-9-34(16-18(17)12-27(35)36)10-11-38-26-13-19(30)3-6-23(26)31/h3-4,6-7,13-15,17-18,24H,2,5,8-12,16H2,1H3,(H,35,36). The molecule has 1 aliphatic rings. The number of pyridine rings is 1. The number of carboxylic acids is 1. The number of carbonyl (C=O) groups is 1. The Balaban J connectivity index is 1.38. The van der Waals surface area contributed by atoms with Crippen molar-refractivity contribution in [2.24, 2.45) is 11.8 Å². The fourth-order valence-corrected chi connectivity index (χ4v) is 6.43. The summed E-state index contributed by atoms with van der Waals surface area (Å²) < 4.78 is 48.2. The number of hydrogen-bond acceptors (Lipinski definition) is 5. The predicted octanol–water partition coefficient (Wildman–Crippen LogP) is 7.17. The first-order valence-electron chi connectivity index (χ1n) is 12.5. The number of hydrogen-bond donors (Lipinski definition) is 1. The summed E-state index contributed by atoms with van der Waals surface area (Å²) in [4.78, 5) is 18.3. The van der Waals surface area contributed by atoms with Crippen LogP contribution in [-0.2, 0) is 4.79 Å². The van der Waals surface area contributed by atoms with E-state index >= 15 is 4.39 Å². The molecule has 204 valence electrons. The Morgan fingerprint density at radius 3 is 2.84 bits per heavy atom. The summed E-state index contributed by atoms with van der Waals surface area (Å²) in [6, 6.07) is 8.64. The van der Waals surface area contributed by atoms with Gasteiger partial charge in [0.1, 0.15) is 23.6 Å². The van der Waals surface area contributed by atoms with E-state index in [-0.39, 0.29) is 34.6 Å². The van der Waals surface area contributed by atoms with Gasteiger partial charge >= 0.3 is 5.97 Å². The van der Waals surface area contributed by atoms with E-state index < -0.39 is 23.8 Å². The smallest absolute Gasteiger partial charge is 0.303 e. The molecule has 38 heavy (non-hydrogen) atoms. The molecule has 0 aliphatic carbocycles. The van der Waals surface area contributed by atoms with Crippen LogP contribution in [0.25, 0.3) is 10.9 Å². The molecule has 10 heteroatoms. The molecule has 1 fully saturated rings. The van der Waals surface area contributed by atoms with Gasteiger partial charge in [-0.25, -0.2) is 13.2 Å². The van der Waals surface area contributed by atoms with Crippen LogP contribution < -0.4 is 4.74 Å². The van der Waals surface area contributed by atoms with Crippen molar-refractivity contribution in [3.05, 3.63) is 64.8 Å². The van der Waals surface area contributed by atoms with Crippen molar-refractivity contribution in [3.8, 4) is 5.75 Å². The molecule has 0 bridgehead atoms. The van der Waals surface area contributed by atoms with Crippen LogP contribution in [0.15, 0.2) is 47.5 Å². The lowest BCUT2D eigenvalue weighted by molar-refractivity contribution is -0.139. The molecule has 1 aliphatic heterocycles. The monoisotopic (exact) mass is 566 g/mol. The maximum Gasteiger partial charge on any atom is 0.303 e. The third-order valence-electron chi connectivity index (χ3n) is 7.14. The lowest BCUT2D eigenvalue weighted by Gasteiger charge is -2.38. The second-order valence-corrected chi connectivity index (χ2v) is 11.1. The van der Waals surface area contributed by atoms with Crippen molar-refractivity contribution in [2.75, 3.05) is 32.5 Å². The molecule has 0 amide bonds. The van der Waals surface area contributed by atoms with Crippen molar-refractivity contribution in [2.45, 2.75) is 36.8 Å². The molecule has 1 aromatic heterocycles. The van der Waals surface area contributed by atoms with Gasteiger partial charge in [0.05, 0.1) is 17.6 Å². The van der Waals surface area contributed by atoms with E-state index in [0.717, 1.165) is 25.1 Å². The van der Waals surface area contributed by atoms with Crippen LogP contribution in [-0.4, -0.2) is 53.5 Å². The molecule has 4 rings (SSSR count). The molecule has 2 heterocycles. The van der Waals surface area contributed by atoms with Crippen LogP contribution in [0.3, 0.4) is 0 Å². The minimum Gasteiger partial charge on any atom is -0.497 e. The molecule has 0 saturated carbocycles. The second-order valence-electron chi connectivity index (χ2n) is 9.58. The van der Waals surface area contributed by atoms with E-state index in [0.29, 0.717) is 47.5 Å². The number of carboxylic acid groups (broad SMARTS) is 1. The molecular formula is C28H30ClF3N2O3S. The van der Waals surface area contributed by atoms with Gasteiger partial charge in [0, 0.05) is 47.3 Å². The number of alkyl halides is 1. The van der Waals surface area contributed by atoms with E-state index in [1.54, 1.807) is 25.3 Å². The number of aliphatic carboxylic acids is 1. The SMILES string of the molecule is COc1ccc2ncc(Cl)c(C(F)CCC3CCN(CCSc4cc(F)ccc4F)CC3CC(=O)O)c2c1.